The molecule has 0 heterocycles. The SMILES string of the molecule is C[C@@H](NCc1cc(Cl)ccc1O)c1cccc(Br)c1. The van der Waals surface area contributed by atoms with Crippen LogP contribution in [0, 0.1) is 0 Å². The zero-order chi connectivity index (χ0) is 13.8. The van der Waals surface area contributed by atoms with Crippen LogP contribution in [0.1, 0.15) is 24.1 Å². The number of rotatable bonds is 4. The second kappa shape index (κ2) is 6.42. The second-order valence-electron chi connectivity index (χ2n) is 4.43. The minimum atomic E-state index is 0.191. The molecule has 0 aliphatic heterocycles. The minimum Gasteiger partial charge on any atom is -0.508 e. The maximum Gasteiger partial charge on any atom is 0.120 e. The predicted molar refractivity (Wildman–Crippen MR) is 82.5 cm³/mol. The van der Waals surface area contributed by atoms with E-state index in [-0.39, 0.29) is 11.8 Å². The highest BCUT2D eigenvalue weighted by Crippen LogP contribution is 2.23. The van der Waals surface area contributed by atoms with Gasteiger partial charge in [0.05, 0.1) is 0 Å². The van der Waals surface area contributed by atoms with Crippen molar-refractivity contribution in [3.63, 3.8) is 0 Å². The monoisotopic (exact) mass is 339 g/mol. The van der Waals surface area contributed by atoms with Gasteiger partial charge in [-0.2, -0.15) is 0 Å². The fourth-order valence-electron chi connectivity index (χ4n) is 1.85. The number of nitrogens with one attached hydrogen (secondary N) is 1. The fourth-order valence-corrected chi connectivity index (χ4v) is 2.46. The Bertz CT molecular complexity index is 574. The molecule has 1 atom stereocenters. The highest BCUT2D eigenvalue weighted by Gasteiger charge is 2.07. The van der Waals surface area contributed by atoms with Gasteiger partial charge in [0.25, 0.3) is 0 Å². The van der Waals surface area contributed by atoms with Gasteiger partial charge < -0.3 is 10.4 Å². The Morgan fingerprint density at radius 2 is 2.05 bits per heavy atom. The number of hydrogen-bond acceptors (Lipinski definition) is 2. The highest BCUT2D eigenvalue weighted by atomic mass is 79.9. The van der Waals surface area contributed by atoms with Crippen LogP contribution in [0.2, 0.25) is 5.02 Å². The summed E-state index contributed by atoms with van der Waals surface area (Å²) in [5.41, 5.74) is 1.99. The summed E-state index contributed by atoms with van der Waals surface area (Å²) >= 11 is 9.39. The zero-order valence-electron chi connectivity index (χ0n) is 10.5. The van der Waals surface area contributed by atoms with Crippen LogP contribution >= 0.6 is 27.5 Å². The van der Waals surface area contributed by atoms with Gasteiger partial charge in [-0.25, -0.2) is 0 Å². The lowest BCUT2D eigenvalue weighted by atomic mass is 10.1. The Balaban J connectivity index is 2.04. The average molecular weight is 341 g/mol. The first kappa shape index (κ1) is 14.4. The molecule has 0 aromatic heterocycles. The largest absolute Gasteiger partial charge is 0.508 e. The molecule has 2 aromatic carbocycles. The van der Waals surface area contributed by atoms with Crippen molar-refractivity contribution < 1.29 is 5.11 Å². The van der Waals surface area contributed by atoms with E-state index in [1.165, 1.54) is 5.56 Å². The first-order chi connectivity index (χ1) is 9.06. The molecule has 0 saturated carbocycles. The fraction of sp³-hybridized carbons (Fsp3) is 0.200. The Morgan fingerprint density at radius 1 is 1.26 bits per heavy atom. The number of halogens is 2. The van der Waals surface area contributed by atoms with Crippen LogP contribution in [0.25, 0.3) is 0 Å². The van der Waals surface area contributed by atoms with E-state index in [4.69, 9.17) is 11.6 Å². The summed E-state index contributed by atoms with van der Waals surface area (Å²) in [4.78, 5) is 0. The summed E-state index contributed by atoms with van der Waals surface area (Å²) in [6, 6.07) is 13.4. The molecule has 2 rings (SSSR count). The summed E-state index contributed by atoms with van der Waals surface area (Å²) < 4.78 is 1.06. The van der Waals surface area contributed by atoms with Gasteiger partial charge in [-0.05, 0) is 42.8 Å². The van der Waals surface area contributed by atoms with E-state index >= 15 is 0 Å². The number of phenols is 1. The van der Waals surface area contributed by atoms with Crippen LogP contribution in [0.5, 0.6) is 5.75 Å². The number of aromatic hydroxyl groups is 1. The second-order valence-corrected chi connectivity index (χ2v) is 5.78. The maximum atomic E-state index is 9.76. The lowest BCUT2D eigenvalue weighted by Gasteiger charge is -2.15. The molecule has 0 aliphatic carbocycles. The third-order valence-corrected chi connectivity index (χ3v) is 3.72. The molecule has 0 fully saturated rings. The third kappa shape index (κ3) is 3.96. The third-order valence-electron chi connectivity index (χ3n) is 2.99. The van der Waals surface area contributed by atoms with E-state index < -0.39 is 0 Å². The molecule has 0 bridgehead atoms. The number of benzene rings is 2. The van der Waals surface area contributed by atoms with Crippen LogP contribution < -0.4 is 5.32 Å². The van der Waals surface area contributed by atoms with Crippen molar-refractivity contribution in [2.24, 2.45) is 0 Å². The smallest absolute Gasteiger partial charge is 0.120 e. The van der Waals surface area contributed by atoms with E-state index in [0.29, 0.717) is 11.6 Å². The Kier molecular flexibility index (Phi) is 4.86. The van der Waals surface area contributed by atoms with Gasteiger partial charge in [0, 0.05) is 27.6 Å². The Hall–Kier alpha value is -1.03. The Labute approximate surface area is 126 Å². The standard InChI is InChI=1S/C15H15BrClNO/c1-10(11-3-2-4-13(16)7-11)18-9-12-8-14(17)5-6-15(12)19/h2-8,10,18-19H,9H2,1H3/t10-/m1/s1. The minimum absolute atomic E-state index is 0.191. The summed E-state index contributed by atoms with van der Waals surface area (Å²) in [7, 11) is 0. The van der Waals surface area contributed by atoms with Crippen molar-refractivity contribution in [1.29, 1.82) is 0 Å². The van der Waals surface area contributed by atoms with E-state index in [0.717, 1.165) is 10.0 Å². The first-order valence-corrected chi connectivity index (χ1v) is 7.19. The van der Waals surface area contributed by atoms with Crippen molar-refractivity contribution in [2.45, 2.75) is 19.5 Å². The van der Waals surface area contributed by atoms with Crippen LogP contribution in [0.15, 0.2) is 46.9 Å². The summed E-state index contributed by atoms with van der Waals surface area (Å²) in [6.07, 6.45) is 0. The topological polar surface area (TPSA) is 32.3 Å². The van der Waals surface area contributed by atoms with Crippen molar-refractivity contribution in [1.82, 2.24) is 5.32 Å². The molecule has 2 nitrogen and oxygen atoms in total. The van der Waals surface area contributed by atoms with Crippen molar-refractivity contribution >= 4 is 27.5 Å². The molecule has 0 saturated heterocycles. The molecule has 0 aliphatic rings. The van der Waals surface area contributed by atoms with Gasteiger partial charge in [-0.15, -0.1) is 0 Å². The first-order valence-electron chi connectivity index (χ1n) is 6.02. The van der Waals surface area contributed by atoms with Crippen molar-refractivity contribution in [3.05, 3.63) is 63.1 Å². The number of phenolic OH excluding ortho intramolecular Hbond substituents is 1. The van der Waals surface area contributed by atoms with Gasteiger partial charge in [0.2, 0.25) is 0 Å². The lowest BCUT2D eigenvalue weighted by Crippen LogP contribution is -2.18. The van der Waals surface area contributed by atoms with E-state index in [2.05, 4.69) is 40.3 Å². The molecule has 0 amide bonds. The quantitative estimate of drug-likeness (QED) is 0.848. The van der Waals surface area contributed by atoms with E-state index in [9.17, 15) is 5.11 Å². The molecular formula is C15H15BrClNO. The lowest BCUT2D eigenvalue weighted by molar-refractivity contribution is 0.460. The van der Waals surface area contributed by atoms with Crippen LogP contribution in [-0.4, -0.2) is 5.11 Å². The predicted octanol–water partition coefficient (Wildman–Crippen LogP) is 4.66. The normalized spacial score (nSPS) is 12.4. The highest BCUT2D eigenvalue weighted by molar-refractivity contribution is 9.10. The van der Waals surface area contributed by atoms with Crippen molar-refractivity contribution in [2.75, 3.05) is 0 Å². The van der Waals surface area contributed by atoms with E-state index in [1.807, 2.05) is 12.1 Å². The maximum absolute atomic E-state index is 9.76. The molecule has 2 aromatic rings. The summed E-state index contributed by atoms with van der Waals surface area (Å²) in [6.45, 7) is 2.66. The molecule has 100 valence electrons. The van der Waals surface area contributed by atoms with E-state index in [1.54, 1.807) is 18.2 Å². The molecule has 4 heteroatoms. The van der Waals surface area contributed by atoms with Crippen LogP contribution in [-0.2, 0) is 6.54 Å². The van der Waals surface area contributed by atoms with Gasteiger partial charge >= 0.3 is 0 Å². The van der Waals surface area contributed by atoms with Gasteiger partial charge in [0.15, 0.2) is 0 Å². The summed E-state index contributed by atoms with van der Waals surface area (Å²) in [5.74, 6) is 0.262. The summed E-state index contributed by atoms with van der Waals surface area (Å²) in [5, 5.41) is 13.8. The van der Waals surface area contributed by atoms with Crippen LogP contribution in [0.4, 0.5) is 0 Å². The molecule has 19 heavy (non-hydrogen) atoms. The molecule has 0 radical (unpaired) electrons. The number of hydrogen-bond donors (Lipinski definition) is 2. The Morgan fingerprint density at radius 3 is 2.79 bits per heavy atom. The van der Waals surface area contributed by atoms with Gasteiger partial charge in [-0.1, -0.05) is 39.7 Å². The zero-order valence-corrected chi connectivity index (χ0v) is 12.9. The average Bonchev–Trinajstić information content (AvgIpc) is 2.39. The molecule has 2 N–H and O–H groups in total. The van der Waals surface area contributed by atoms with Crippen LogP contribution in [0.3, 0.4) is 0 Å². The van der Waals surface area contributed by atoms with Gasteiger partial charge in [0.1, 0.15) is 5.75 Å². The van der Waals surface area contributed by atoms with Crippen molar-refractivity contribution in [3.8, 4) is 5.75 Å². The molecule has 0 spiro atoms. The van der Waals surface area contributed by atoms with Gasteiger partial charge in [-0.3, -0.25) is 0 Å². The molecule has 0 unspecified atom stereocenters. The molecular weight excluding hydrogens is 326 g/mol.